The molecule has 112 valence electrons. The molecule has 0 aliphatic carbocycles. The fourth-order valence-corrected chi connectivity index (χ4v) is 2.48. The van der Waals surface area contributed by atoms with E-state index in [-0.39, 0.29) is 6.61 Å². The maximum absolute atomic E-state index is 12.1. The summed E-state index contributed by atoms with van der Waals surface area (Å²) in [5.41, 5.74) is 7.68. The van der Waals surface area contributed by atoms with Gasteiger partial charge >= 0.3 is 5.97 Å². The van der Waals surface area contributed by atoms with Crippen molar-refractivity contribution < 1.29 is 9.53 Å². The lowest BCUT2D eigenvalue weighted by Gasteiger charge is -2.36. The molecule has 0 amide bonds. The number of anilines is 2. The van der Waals surface area contributed by atoms with Gasteiger partial charge in [-0.3, -0.25) is 0 Å². The molecule has 0 atom stereocenters. The lowest BCUT2D eigenvalue weighted by Crippen LogP contribution is -2.46. The summed E-state index contributed by atoms with van der Waals surface area (Å²) in [4.78, 5) is 16.7. The average molecular weight is 287 g/mol. The Morgan fingerprint density at radius 2 is 2.10 bits per heavy atom. The number of hydrogen-bond donors (Lipinski definition) is 1. The van der Waals surface area contributed by atoms with E-state index in [1.54, 1.807) is 12.1 Å². The summed E-state index contributed by atoms with van der Waals surface area (Å²) in [6.07, 6.45) is 5.13. The molecule has 0 saturated carbocycles. The Balaban J connectivity index is 2.19. The summed E-state index contributed by atoms with van der Waals surface area (Å²) >= 11 is 0. The second-order valence-corrected chi connectivity index (χ2v) is 4.98. The molecule has 21 heavy (non-hydrogen) atoms. The van der Waals surface area contributed by atoms with Crippen molar-refractivity contribution in [3.63, 3.8) is 0 Å². The Morgan fingerprint density at radius 1 is 1.38 bits per heavy atom. The predicted molar refractivity (Wildman–Crippen MR) is 84.3 cm³/mol. The Bertz CT molecular complexity index is 543. The van der Waals surface area contributed by atoms with Crippen LogP contribution in [0.5, 0.6) is 0 Å². The minimum Gasteiger partial charge on any atom is -0.449 e. The Morgan fingerprint density at radius 3 is 2.71 bits per heavy atom. The van der Waals surface area contributed by atoms with Crippen LogP contribution < -0.4 is 10.6 Å². The van der Waals surface area contributed by atoms with Crippen LogP contribution in [0.2, 0.25) is 0 Å². The SMILES string of the molecule is C#CCOC(=O)c1cc(N)ccc1N1CCN(CC)CC1. The molecule has 1 saturated heterocycles. The molecule has 2 N–H and O–H groups in total. The van der Waals surface area contributed by atoms with Gasteiger partial charge in [-0.2, -0.15) is 0 Å². The number of carbonyl (C=O) groups is 1. The summed E-state index contributed by atoms with van der Waals surface area (Å²) in [7, 11) is 0. The number of esters is 1. The molecule has 0 unspecified atom stereocenters. The van der Waals surface area contributed by atoms with E-state index in [1.807, 2.05) is 6.07 Å². The van der Waals surface area contributed by atoms with Crippen LogP contribution in [0.4, 0.5) is 11.4 Å². The minimum absolute atomic E-state index is 0.0311. The molecule has 1 aliphatic heterocycles. The smallest absolute Gasteiger partial charge is 0.341 e. The van der Waals surface area contributed by atoms with Crippen molar-refractivity contribution in [2.45, 2.75) is 6.92 Å². The third kappa shape index (κ3) is 3.67. The highest BCUT2D eigenvalue weighted by atomic mass is 16.5. The van der Waals surface area contributed by atoms with Crippen LogP contribution in [0.15, 0.2) is 18.2 Å². The Labute approximate surface area is 125 Å². The zero-order valence-electron chi connectivity index (χ0n) is 12.3. The van der Waals surface area contributed by atoms with Crippen LogP contribution in [-0.2, 0) is 4.74 Å². The number of rotatable bonds is 4. The van der Waals surface area contributed by atoms with Gasteiger partial charge in [-0.25, -0.2) is 4.79 Å². The van der Waals surface area contributed by atoms with Gasteiger partial charge in [0.15, 0.2) is 6.61 Å². The molecule has 0 bridgehead atoms. The standard InChI is InChI=1S/C16H21N3O2/c1-3-11-21-16(20)14-12-13(17)5-6-15(14)19-9-7-18(4-2)8-10-19/h1,5-6,12H,4,7-11,17H2,2H3. The van der Waals surface area contributed by atoms with Gasteiger partial charge in [-0.15, -0.1) is 6.42 Å². The van der Waals surface area contributed by atoms with Crippen molar-refractivity contribution >= 4 is 17.3 Å². The summed E-state index contributed by atoms with van der Waals surface area (Å²) in [5, 5.41) is 0. The number of nitrogens with two attached hydrogens (primary N) is 1. The number of ether oxygens (including phenoxy) is 1. The third-order valence-electron chi connectivity index (χ3n) is 3.69. The van der Waals surface area contributed by atoms with E-state index < -0.39 is 5.97 Å². The van der Waals surface area contributed by atoms with Crippen molar-refractivity contribution in [1.29, 1.82) is 0 Å². The normalized spacial score (nSPS) is 15.5. The van der Waals surface area contributed by atoms with Gasteiger partial charge in [-0.1, -0.05) is 12.8 Å². The van der Waals surface area contributed by atoms with Gasteiger partial charge in [0.05, 0.1) is 11.3 Å². The molecule has 5 heteroatoms. The number of piperazine rings is 1. The summed E-state index contributed by atoms with van der Waals surface area (Å²) in [6, 6.07) is 5.34. The second-order valence-electron chi connectivity index (χ2n) is 4.98. The molecule has 1 fully saturated rings. The van der Waals surface area contributed by atoms with Gasteiger partial charge in [0, 0.05) is 31.9 Å². The zero-order chi connectivity index (χ0) is 15.2. The molecule has 1 heterocycles. The number of nitrogens with zero attached hydrogens (tertiary/aromatic N) is 2. The van der Waals surface area contributed by atoms with E-state index in [0.717, 1.165) is 38.4 Å². The zero-order valence-corrected chi connectivity index (χ0v) is 12.3. The van der Waals surface area contributed by atoms with Crippen LogP contribution in [0.25, 0.3) is 0 Å². The maximum atomic E-state index is 12.1. The van der Waals surface area contributed by atoms with E-state index in [1.165, 1.54) is 0 Å². The summed E-state index contributed by atoms with van der Waals surface area (Å²) in [6.45, 7) is 6.91. The molecular weight excluding hydrogens is 266 g/mol. The first-order valence-electron chi connectivity index (χ1n) is 7.13. The molecule has 0 spiro atoms. The first kappa shape index (κ1) is 15.2. The fraction of sp³-hybridized carbons (Fsp3) is 0.438. The maximum Gasteiger partial charge on any atom is 0.341 e. The topological polar surface area (TPSA) is 58.8 Å². The molecule has 1 aliphatic rings. The van der Waals surface area contributed by atoms with E-state index in [0.29, 0.717) is 11.3 Å². The number of likely N-dealkylation sites (N-methyl/N-ethyl adjacent to an activating group) is 1. The van der Waals surface area contributed by atoms with Gasteiger partial charge in [0.1, 0.15) is 0 Å². The first-order chi connectivity index (χ1) is 10.2. The molecule has 5 nitrogen and oxygen atoms in total. The number of nitrogen functional groups attached to an aromatic ring is 1. The Kier molecular flexibility index (Phi) is 5.07. The highest BCUT2D eigenvalue weighted by molar-refractivity contribution is 5.97. The molecule has 2 rings (SSSR count). The number of carbonyl (C=O) groups excluding carboxylic acids is 1. The molecular formula is C16H21N3O2. The average Bonchev–Trinajstić information content (AvgIpc) is 2.52. The van der Waals surface area contributed by atoms with E-state index in [9.17, 15) is 4.79 Å². The number of terminal acetylenes is 1. The summed E-state index contributed by atoms with van der Waals surface area (Å²) < 4.78 is 5.04. The van der Waals surface area contributed by atoms with Crippen molar-refractivity contribution in [2.24, 2.45) is 0 Å². The molecule has 1 aromatic rings. The van der Waals surface area contributed by atoms with E-state index >= 15 is 0 Å². The van der Waals surface area contributed by atoms with Crippen LogP contribution in [0, 0.1) is 12.3 Å². The molecule has 0 aromatic heterocycles. The lowest BCUT2D eigenvalue weighted by molar-refractivity contribution is 0.0557. The van der Waals surface area contributed by atoms with Gasteiger partial charge in [0.25, 0.3) is 0 Å². The van der Waals surface area contributed by atoms with E-state index in [2.05, 4.69) is 22.6 Å². The number of hydrogen-bond acceptors (Lipinski definition) is 5. The van der Waals surface area contributed by atoms with Crippen molar-refractivity contribution in [1.82, 2.24) is 4.90 Å². The van der Waals surface area contributed by atoms with E-state index in [4.69, 9.17) is 16.9 Å². The first-order valence-corrected chi connectivity index (χ1v) is 7.13. The highest BCUT2D eigenvalue weighted by Crippen LogP contribution is 2.25. The van der Waals surface area contributed by atoms with Crippen LogP contribution in [0.1, 0.15) is 17.3 Å². The number of benzene rings is 1. The summed E-state index contributed by atoms with van der Waals surface area (Å²) in [5.74, 6) is 1.88. The van der Waals surface area contributed by atoms with Crippen LogP contribution in [0.3, 0.4) is 0 Å². The Hall–Kier alpha value is -2.19. The lowest BCUT2D eigenvalue weighted by atomic mass is 10.1. The van der Waals surface area contributed by atoms with Crippen molar-refractivity contribution in [2.75, 3.05) is 50.0 Å². The largest absolute Gasteiger partial charge is 0.449 e. The van der Waals surface area contributed by atoms with Crippen LogP contribution in [-0.4, -0.2) is 50.2 Å². The van der Waals surface area contributed by atoms with Crippen molar-refractivity contribution in [3.8, 4) is 12.3 Å². The monoisotopic (exact) mass is 287 g/mol. The quantitative estimate of drug-likeness (QED) is 0.512. The second kappa shape index (κ2) is 7.00. The minimum atomic E-state index is -0.423. The van der Waals surface area contributed by atoms with Gasteiger partial charge in [-0.05, 0) is 24.7 Å². The predicted octanol–water partition coefficient (Wildman–Crippen LogP) is 1.20. The fourth-order valence-electron chi connectivity index (χ4n) is 2.48. The third-order valence-corrected chi connectivity index (χ3v) is 3.69. The van der Waals surface area contributed by atoms with Gasteiger partial charge in [0.2, 0.25) is 0 Å². The van der Waals surface area contributed by atoms with Crippen molar-refractivity contribution in [3.05, 3.63) is 23.8 Å². The molecule has 0 radical (unpaired) electrons. The van der Waals surface area contributed by atoms with Gasteiger partial charge < -0.3 is 20.3 Å². The molecule has 1 aromatic carbocycles. The van der Waals surface area contributed by atoms with Crippen LogP contribution >= 0.6 is 0 Å². The highest BCUT2D eigenvalue weighted by Gasteiger charge is 2.21.